The first-order valence-corrected chi connectivity index (χ1v) is 6.96. The Morgan fingerprint density at radius 1 is 1.42 bits per heavy atom. The number of anilines is 1. The largest absolute Gasteiger partial charge is 0.493 e. The predicted octanol–water partition coefficient (Wildman–Crippen LogP) is 2.54. The molecule has 0 aliphatic heterocycles. The SMILES string of the molecule is CCC(Nc1ccc(OCCC(N)=O)cc1)C1CC1. The van der Waals surface area contributed by atoms with Gasteiger partial charge in [-0.15, -0.1) is 0 Å². The number of nitrogens with one attached hydrogen (secondary N) is 1. The summed E-state index contributed by atoms with van der Waals surface area (Å²) in [5.74, 6) is 1.27. The van der Waals surface area contributed by atoms with E-state index >= 15 is 0 Å². The van der Waals surface area contributed by atoms with Crippen LogP contribution in [-0.4, -0.2) is 18.6 Å². The van der Waals surface area contributed by atoms with Crippen molar-refractivity contribution in [3.8, 4) is 5.75 Å². The zero-order valence-electron chi connectivity index (χ0n) is 11.4. The van der Waals surface area contributed by atoms with Crippen molar-refractivity contribution in [2.45, 2.75) is 38.6 Å². The number of benzene rings is 1. The number of nitrogens with two attached hydrogens (primary N) is 1. The molecule has 1 unspecified atom stereocenters. The van der Waals surface area contributed by atoms with Crippen molar-refractivity contribution >= 4 is 11.6 Å². The van der Waals surface area contributed by atoms with Crippen LogP contribution in [0.15, 0.2) is 24.3 Å². The molecule has 19 heavy (non-hydrogen) atoms. The second kappa shape index (κ2) is 6.45. The summed E-state index contributed by atoms with van der Waals surface area (Å²) >= 11 is 0. The molecule has 3 N–H and O–H groups in total. The van der Waals surface area contributed by atoms with E-state index in [1.807, 2.05) is 24.3 Å². The lowest BCUT2D eigenvalue weighted by molar-refractivity contribution is -0.118. The summed E-state index contributed by atoms with van der Waals surface area (Å²) in [4.78, 5) is 10.6. The number of amides is 1. The number of ether oxygens (including phenoxy) is 1. The van der Waals surface area contributed by atoms with Crippen molar-refractivity contribution in [1.29, 1.82) is 0 Å². The van der Waals surface area contributed by atoms with E-state index in [0.717, 1.165) is 23.8 Å². The molecule has 104 valence electrons. The summed E-state index contributed by atoms with van der Waals surface area (Å²) in [6, 6.07) is 8.46. The Morgan fingerprint density at radius 2 is 2.11 bits per heavy atom. The number of carbonyl (C=O) groups excluding carboxylic acids is 1. The standard InChI is InChI=1S/C15H22N2O2/c1-2-14(11-3-4-11)17-12-5-7-13(8-6-12)19-10-9-15(16)18/h5-8,11,14,17H,2-4,9-10H2,1H3,(H2,16,18). The van der Waals surface area contributed by atoms with E-state index in [2.05, 4.69) is 12.2 Å². The highest BCUT2D eigenvalue weighted by Gasteiger charge is 2.29. The molecule has 4 heteroatoms. The molecule has 1 amide bonds. The lowest BCUT2D eigenvalue weighted by Crippen LogP contribution is -2.20. The van der Waals surface area contributed by atoms with E-state index in [-0.39, 0.29) is 12.3 Å². The van der Waals surface area contributed by atoms with Crippen LogP contribution < -0.4 is 15.8 Å². The third kappa shape index (κ3) is 4.47. The molecule has 1 aliphatic rings. The van der Waals surface area contributed by atoms with E-state index in [9.17, 15) is 4.79 Å². The highest BCUT2D eigenvalue weighted by atomic mass is 16.5. The molecule has 1 atom stereocenters. The molecular formula is C15H22N2O2. The Bertz CT molecular complexity index is 413. The first-order valence-electron chi connectivity index (χ1n) is 6.96. The third-order valence-corrected chi connectivity index (χ3v) is 3.45. The molecule has 0 aromatic heterocycles. The molecule has 0 radical (unpaired) electrons. The molecule has 1 saturated carbocycles. The van der Waals surface area contributed by atoms with E-state index in [0.29, 0.717) is 12.6 Å². The minimum atomic E-state index is -0.339. The van der Waals surface area contributed by atoms with Crippen molar-refractivity contribution in [2.75, 3.05) is 11.9 Å². The first-order chi connectivity index (χ1) is 9.19. The lowest BCUT2D eigenvalue weighted by atomic mass is 10.1. The smallest absolute Gasteiger partial charge is 0.220 e. The van der Waals surface area contributed by atoms with Gasteiger partial charge in [-0.25, -0.2) is 0 Å². The van der Waals surface area contributed by atoms with Crippen molar-refractivity contribution in [3.05, 3.63) is 24.3 Å². The quantitative estimate of drug-likeness (QED) is 0.756. The van der Waals surface area contributed by atoms with Crippen LogP contribution >= 0.6 is 0 Å². The fourth-order valence-corrected chi connectivity index (χ4v) is 2.18. The summed E-state index contributed by atoms with van der Waals surface area (Å²) in [5, 5.41) is 3.56. The zero-order valence-corrected chi connectivity index (χ0v) is 11.4. The second-order valence-corrected chi connectivity index (χ2v) is 5.09. The number of hydrogen-bond donors (Lipinski definition) is 2. The average Bonchev–Trinajstić information content (AvgIpc) is 3.21. The van der Waals surface area contributed by atoms with Gasteiger partial charge in [0.05, 0.1) is 13.0 Å². The highest BCUT2D eigenvalue weighted by molar-refractivity contribution is 5.73. The van der Waals surface area contributed by atoms with Gasteiger partial charge in [0, 0.05) is 11.7 Å². The number of carbonyl (C=O) groups is 1. The van der Waals surface area contributed by atoms with Crippen LogP contribution in [0.5, 0.6) is 5.75 Å². The normalized spacial score (nSPS) is 15.8. The summed E-state index contributed by atoms with van der Waals surface area (Å²) in [6.07, 6.45) is 4.10. The third-order valence-electron chi connectivity index (χ3n) is 3.45. The first kappa shape index (κ1) is 13.7. The van der Waals surface area contributed by atoms with E-state index < -0.39 is 0 Å². The topological polar surface area (TPSA) is 64.3 Å². The van der Waals surface area contributed by atoms with Gasteiger partial charge >= 0.3 is 0 Å². The van der Waals surface area contributed by atoms with E-state index in [1.165, 1.54) is 12.8 Å². The van der Waals surface area contributed by atoms with Gasteiger partial charge in [-0.1, -0.05) is 6.92 Å². The van der Waals surface area contributed by atoms with Crippen LogP contribution in [0, 0.1) is 5.92 Å². The average molecular weight is 262 g/mol. The fourth-order valence-electron chi connectivity index (χ4n) is 2.18. The van der Waals surface area contributed by atoms with Crippen molar-refractivity contribution in [3.63, 3.8) is 0 Å². The summed E-state index contributed by atoms with van der Waals surface area (Å²) < 4.78 is 5.43. The summed E-state index contributed by atoms with van der Waals surface area (Å²) in [5.41, 5.74) is 6.18. The zero-order chi connectivity index (χ0) is 13.7. The van der Waals surface area contributed by atoms with Crippen molar-refractivity contribution < 1.29 is 9.53 Å². The van der Waals surface area contributed by atoms with E-state index in [1.54, 1.807) is 0 Å². The molecule has 1 fully saturated rings. The minimum absolute atomic E-state index is 0.250. The molecule has 0 saturated heterocycles. The molecule has 0 heterocycles. The Morgan fingerprint density at radius 3 is 2.63 bits per heavy atom. The van der Waals surface area contributed by atoms with Gasteiger partial charge in [-0.2, -0.15) is 0 Å². The fraction of sp³-hybridized carbons (Fsp3) is 0.533. The maximum atomic E-state index is 10.6. The van der Waals surface area contributed by atoms with Crippen molar-refractivity contribution in [1.82, 2.24) is 0 Å². The van der Waals surface area contributed by atoms with Gasteiger partial charge in [0.15, 0.2) is 0 Å². The van der Waals surface area contributed by atoms with E-state index in [4.69, 9.17) is 10.5 Å². The van der Waals surface area contributed by atoms with Gasteiger partial charge < -0.3 is 15.8 Å². The molecular weight excluding hydrogens is 240 g/mol. The van der Waals surface area contributed by atoms with Gasteiger partial charge in [0.2, 0.25) is 5.91 Å². The minimum Gasteiger partial charge on any atom is -0.493 e. The molecule has 0 bridgehead atoms. The Labute approximate surface area is 114 Å². The van der Waals surface area contributed by atoms with Crippen LogP contribution in [0.4, 0.5) is 5.69 Å². The lowest BCUT2D eigenvalue weighted by Gasteiger charge is -2.17. The molecule has 1 aliphatic carbocycles. The van der Waals surface area contributed by atoms with Crippen LogP contribution in [-0.2, 0) is 4.79 Å². The van der Waals surface area contributed by atoms with Crippen molar-refractivity contribution in [2.24, 2.45) is 11.7 Å². The van der Waals surface area contributed by atoms with Gasteiger partial charge in [-0.05, 0) is 49.4 Å². The Hall–Kier alpha value is -1.71. The van der Waals surface area contributed by atoms with Gasteiger partial charge in [0.25, 0.3) is 0 Å². The monoisotopic (exact) mass is 262 g/mol. The maximum absolute atomic E-state index is 10.6. The maximum Gasteiger partial charge on any atom is 0.220 e. The number of hydrogen-bond acceptors (Lipinski definition) is 3. The second-order valence-electron chi connectivity index (χ2n) is 5.09. The highest BCUT2D eigenvalue weighted by Crippen LogP contribution is 2.35. The number of rotatable bonds is 8. The predicted molar refractivity (Wildman–Crippen MR) is 76.2 cm³/mol. The molecule has 4 nitrogen and oxygen atoms in total. The van der Waals surface area contributed by atoms with Gasteiger partial charge in [-0.3, -0.25) is 4.79 Å². The summed E-state index contributed by atoms with van der Waals surface area (Å²) in [7, 11) is 0. The Kier molecular flexibility index (Phi) is 4.66. The van der Waals surface area contributed by atoms with Crippen LogP contribution in [0.3, 0.4) is 0 Å². The van der Waals surface area contributed by atoms with Crippen LogP contribution in [0.25, 0.3) is 0 Å². The molecule has 1 aromatic carbocycles. The van der Waals surface area contributed by atoms with Crippen LogP contribution in [0.2, 0.25) is 0 Å². The Balaban J connectivity index is 1.81. The molecule has 1 aromatic rings. The van der Waals surface area contributed by atoms with Gasteiger partial charge in [0.1, 0.15) is 5.75 Å². The van der Waals surface area contributed by atoms with Crippen LogP contribution in [0.1, 0.15) is 32.6 Å². The molecule has 2 rings (SSSR count). The molecule has 0 spiro atoms. The summed E-state index contributed by atoms with van der Waals surface area (Å²) in [6.45, 7) is 2.55. The number of primary amides is 1.